The van der Waals surface area contributed by atoms with E-state index in [1.165, 1.54) is 19.2 Å². The molecule has 0 N–H and O–H groups in total. The molecule has 0 fully saturated rings. The van der Waals surface area contributed by atoms with Gasteiger partial charge in [-0.15, -0.1) is 0 Å². The maximum atomic E-state index is 10.6. The molecule has 1 aromatic carbocycles. The maximum Gasteiger partial charge on any atom is 0.273 e. The Kier molecular flexibility index (Phi) is 3.54. The van der Waals surface area contributed by atoms with E-state index in [1.807, 2.05) is 19.6 Å². The highest BCUT2D eigenvalue weighted by Crippen LogP contribution is 2.32. The Morgan fingerprint density at radius 3 is 2.31 bits per heavy atom. The monoisotopic (exact) mass is 241 g/mol. The molecule has 0 heterocycles. The summed E-state index contributed by atoms with van der Waals surface area (Å²) >= 11 is 0. The molecule has 1 aromatic rings. The average Bonchev–Trinajstić information content (AvgIpc) is 2.15. The molecule has 0 unspecified atom stereocenters. The summed E-state index contributed by atoms with van der Waals surface area (Å²) in [7, 11) is -0.294. The van der Waals surface area contributed by atoms with Gasteiger partial charge in [-0.25, -0.2) is 0 Å². The molecule has 88 valence electrons. The maximum absolute atomic E-state index is 10.6. The van der Waals surface area contributed by atoms with Crippen molar-refractivity contribution in [3.8, 4) is 11.5 Å². The standard InChI is InChI=1S/C10H15NO4Si/c1-14-9-6-5-8(11(12)13)7-10(9)15-16(2,3)4/h5-7H,1-4H3. The number of hydrogen-bond donors (Lipinski definition) is 0. The highest BCUT2D eigenvalue weighted by molar-refractivity contribution is 6.70. The summed E-state index contributed by atoms with van der Waals surface area (Å²) in [6, 6.07) is 4.35. The molecule has 5 nitrogen and oxygen atoms in total. The molecule has 0 amide bonds. The third-order valence-electron chi connectivity index (χ3n) is 1.77. The fraction of sp³-hybridized carbons (Fsp3) is 0.400. The van der Waals surface area contributed by atoms with Crippen LogP contribution in [0.3, 0.4) is 0 Å². The van der Waals surface area contributed by atoms with Crippen molar-refractivity contribution in [1.82, 2.24) is 0 Å². The van der Waals surface area contributed by atoms with Gasteiger partial charge >= 0.3 is 0 Å². The molecule has 1 rings (SSSR count). The zero-order chi connectivity index (χ0) is 12.3. The number of nitrogens with zero attached hydrogens (tertiary/aromatic N) is 1. The van der Waals surface area contributed by atoms with Gasteiger partial charge < -0.3 is 9.16 Å². The smallest absolute Gasteiger partial charge is 0.273 e. The average molecular weight is 241 g/mol. The van der Waals surface area contributed by atoms with Crippen LogP contribution in [-0.2, 0) is 0 Å². The molecule has 0 aromatic heterocycles. The molecule has 0 aliphatic rings. The van der Waals surface area contributed by atoms with Gasteiger partial charge in [-0.1, -0.05) is 0 Å². The number of methoxy groups -OCH3 is 1. The molecule has 6 heteroatoms. The molecule has 0 radical (unpaired) electrons. The molecule has 0 atom stereocenters. The Morgan fingerprint density at radius 1 is 1.25 bits per heavy atom. The van der Waals surface area contributed by atoms with Crippen molar-refractivity contribution in [2.24, 2.45) is 0 Å². The van der Waals surface area contributed by atoms with Crippen molar-refractivity contribution < 1.29 is 14.1 Å². The topological polar surface area (TPSA) is 61.6 Å². The Labute approximate surface area is 95.3 Å². The first-order chi connectivity index (χ1) is 7.33. The zero-order valence-electron chi connectivity index (χ0n) is 9.81. The van der Waals surface area contributed by atoms with Crippen LogP contribution in [0, 0.1) is 10.1 Å². The van der Waals surface area contributed by atoms with Crippen molar-refractivity contribution in [2.45, 2.75) is 19.6 Å². The van der Waals surface area contributed by atoms with E-state index in [2.05, 4.69) is 0 Å². The van der Waals surface area contributed by atoms with Crippen LogP contribution in [0.15, 0.2) is 18.2 Å². The summed E-state index contributed by atoms with van der Waals surface area (Å²) in [6.45, 7) is 6.02. The lowest BCUT2D eigenvalue weighted by molar-refractivity contribution is -0.384. The van der Waals surface area contributed by atoms with E-state index in [-0.39, 0.29) is 5.69 Å². The van der Waals surface area contributed by atoms with E-state index in [9.17, 15) is 10.1 Å². The summed E-state index contributed by atoms with van der Waals surface area (Å²) < 4.78 is 10.8. The summed E-state index contributed by atoms with van der Waals surface area (Å²) in [5.74, 6) is 0.962. The van der Waals surface area contributed by atoms with Gasteiger partial charge in [0.05, 0.1) is 18.1 Å². The van der Waals surface area contributed by atoms with E-state index >= 15 is 0 Å². The molecular formula is C10H15NO4Si. The van der Waals surface area contributed by atoms with Crippen LogP contribution in [-0.4, -0.2) is 20.4 Å². The van der Waals surface area contributed by atoms with E-state index in [0.717, 1.165) is 0 Å². The minimum atomic E-state index is -1.81. The highest BCUT2D eigenvalue weighted by Gasteiger charge is 2.20. The second-order valence-electron chi connectivity index (χ2n) is 4.31. The predicted octanol–water partition coefficient (Wildman–Crippen LogP) is 2.82. The van der Waals surface area contributed by atoms with Gasteiger partial charge in [-0.2, -0.15) is 0 Å². The van der Waals surface area contributed by atoms with Crippen molar-refractivity contribution in [1.29, 1.82) is 0 Å². The van der Waals surface area contributed by atoms with Crippen molar-refractivity contribution in [3.63, 3.8) is 0 Å². The lowest BCUT2D eigenvalue weighted by Gasteiger charge is -2.20. The van der Waals surface area contributed by atoms with Gasteiger partial charge in [0.2, 0.25) is 8.32 Å². The molecule has 0 aliphatic carbocycles. The van der Waals surface area contributed by atoms with Crippen LogP contribution in [0.5, 0.6) is 11.5 Å². The van der Waals surface area contributed by atoms with Gasteiger partial charge in [0, 0.05) is 6.07 Å². The van der Waals surface area contributed by atoms with E-state index < -0.39 is 13.2 Å². The largest absolute Gasteiger partial charge is 0.542 e. The molecular weight excluding hydrogens is 226 g/mol. The van der Waals surface area contributed by atoms with Crippen LogP contribution in [0.25, 0.3) is 0 Å². The quantitative estimate of drug-likeness (QED) is 0.462. The first-order valence-corrected chi connectivity index (χ1v) is 8.26. The third-order valence-corrected chi connectivity index (χ3v) is 2.61. The second kappa shape index (κ2) is 4.52. The first-order valence-electron chi connectivity index (χ1n) is 4.85. The zero-order valence-corrected chi connectivity index (χ0v) is 10.8. The summed E-state index contributed by atoms with van der Waals surface area (Å²) in [5, 5.41) is 10.6. The van der Waals surface area contributed by atoms with Gasteiger partial charge in [0.1, 0.15) is 0 Å². The number of nitro benzene ring substituents is 1. The van der Waals surface area contributed by atoms with E-state index in [0.29, 0.717) is 11.5 Å². The van der Waals surface area contributed by atoms with Gasteiger partial charge in [-0.3, -0.25) is 10.1 Å². The molecule has 0 saturated carbocycles. The molecule has 0 spiro atoms. The normalized spacial score (nSPS) is 11.0. The second-order valence-corrected chi connectivity index (χ2v) is 8.74. The van der Waals surface area contributed by atoms with Crippen molar-refractivity contribution in [2.75, 3.05) is 7.11 Å². The summed E-state index contributed by atoms with van der Waals surface area (Å²) in [6.07, 6.45) is 0. The summed E-state index contributed by atoms with van der Waals surface area (Å²) in [5.41, 5.74) is 0.00838. The number of rotatable bonds is 4. The number of non-ortho nitro benzene ring substituents is 1. The van der Waals surface area contributed by atoms with Crippen molar-refractivity contribution >= 4 is 14.0 Å². The lowest BCUT2D eigenvalue weighted by atomic mass is 10.3. The number of hydrogen-bond acceptors (Lipinski definition) is 4. The Bertz CT molecular complexity index is 400. The van der Waals surface area contributed by atoms with Crippen LogP contribution in [0.1, 0.15) is 0 Å². The predicted molar refractivity (Wildman–Crippen MR) is 63.6 cm³/mol. The van der Waals surface area contributed by atoms with Crippen LogP contribution < -0.4 is 9.16 Å². The van der Waals surface area contributed by atoms with Gasteiger partial charge in [0.15, 0.2) is 11.5 Å². The minimum absolute atomic E-state index is 0.00838. The Hall–Kier alpha value is -1.56. The van der Waals surface area contributed by atoms with Crippen molar-refractivity contribution in [3.05, 3.63) is 28.3 Å². The Morgan fingerprint density at radius 2 is 1.88 bits per heavy atom. The number of nitro groups is 1. The third kappa shape index (κ3) is 3.23. The SMILES string of the molecule is COc1ccc([N+](=O)[O-])cc1O[Si](C)(C)C. The van der Waals surface area contributed by atoms with E-state index in [1.54, 1.807) is 6.07 Å². The summed E-state index contributed by atoms with van der Waals surface area (Å²) in [4.78, 5) is 10.2. The fourth-order valence-electron chi connectivity index (χ4n) is 1.19. The minimum Gasteiger partial charge on any atom is -0.542 e. The first kappa shape index (κ1) is 12.5. The van der Waals surface area contributed by atoms with Crippen LogP contribution >= 0.6 is 0 Å². The molecule has 0 saturated heterocycles. The van der Waals surface area contributed by atoms with Gasteiger partial charge in [-0.05, 0) is 25.7 Å². The lowest BCUT2D eigenvalue weighted by Crippen LogP contribution is -2.29. The fourth-order valence-corrected chi connectivity index (χ4v) is 2.01. The highest BCUT2D eigenvalue weighted by atomic mass is 28.4. The van der Waals surface area contributed by atoms with Crippen LogP contribution in [0.2, 0.25) is 19.6 Å². The molecule has 16 heavy (non-hydrogen) atoms. The Balaban J connectivity index is 3.12. The molecule has 0 aliphatic heterocycles. The number of benzene rings is 1. The van der Waals surface area contributed by atoms with E-state index in [4.69, 9.17) is 9.16 Å². The number of ether oxygens (including phenoxy) is 1. The molecule has 0 bridgehead atoms. The van der Waals surface area contributed by atoms with Crippen LogP contribution in [0.4, 0.5) is 5.69 Å². The van der Waals surface area contributed by atoms with Gasteiger partial charge in [0.25, 0.3) is 5.69 Å².